The van der Waals surface area contributed by atoms with E-state index >= 15 is 0 Å². The number of hydrogen-bond acceptors (Lipinski definition) is 3. The first-order valence-corrected chi connectivity index (χ1v) is 9.67. The van der Waals surface area contributed by atoms with Gasteiger partial charge in [-0.2, -0.15) is 0 Å². The molecule has 0 heterocycles. The zero-order valence-corrected chi connectivity index (χ0v) is 17.0. The Kier molecular flexibility index (Phi) is 8.13. The van der Waals surface area contributed by atoms with Crippen LogP contribution in [0.15, 0.2) is 53.0 Å². The van der Waals surface area contributed by atoms with Gasteiger partial charge in [-0.25, -0.2) is 0 Å². The summed E-state index contributed by atoms with van der Waals surface area (Å²) in [6, 6.07) is 15.7. The summed E-state index contributed by atoms with van der Waals surface area (Å²) in [5, 5.41) is 0. The molecule has 0 saturated carbocycles. The lowest BCUT2D eigenvalue weighted by Crippen LogP contribution is -2.22. The van der Waals surface area contributed by atoms with Crippen molar-refractivity contribution in [2.24, 2.45) is 5.73 Å². The van der Waals surface area contributed by atoms with E-state index in [-0.39, 0.29) is 11.8 Å². The van der Waals surface area contributed by atoms with Gasteiger partial charge >= 0.3 is 0 Å². The first-order valence-electron chi connectivity index (χ1n) is 8.87. The van der Waals surface area contributed by atoms with Gasteiger partial charge in [0.2, 0.25) is 5.91 Å². The van der Waals surface area contributed by atoms with Crippen LogP contribution in [0.3, 0.4) is 0 Å². The predicted molar refractivity (Wildman–Crippen MR) is 109 cm³/mol. The summed E-state index contributed by atoms with van der Waals surface area (Å²) in [6.07, 6.45) is 2.84. The number of carbonyl (C=O) groups is 1. The molecule has 1 atom stereocenters. The third kappa shape index (κ3) is 6.46. The van der Waals surface area contributed by atoms with Gasteiger partial charge in [0.15, 0.2) is 0 Å². The van der Waals surface area contributed by atoms with Crippen molar-refractivity contribution >= 4 is 21.8 Å². The number of unbranched alkanes of at least 4 members (excludes halogenated alkanes) is 1. The van der Waals surface area contributed by atoms with Gasteiger partial charge in [0.1, 0.15) is 12.4 Å². The fourth-order valence-electron chi connectivity index (χ4n) is 2.82. The molecule has 0 radical (unpaired) electrons. The Labute approximate surface area is 164 Å². The van der Waals surface area contributed by atoms with Crippen molar-refractivity contribution in [1.82, 2.24) is 4.90 Å². The summed E-state index contributed by atoms with van der Waals surface area (Å²) < 4.78 is 6.76. The maximum absolute atomic E-state index is 11.8. The fraction of sp³-hybridized carbons (Fsp3) is 0.381. The number of para-hydroxylation sites is 1. The molecule has 2 rings (SSSR count). The number of ether oxygens (including phenoxy) is 1. The summed E-state index contributed by atoms with van der Waals surface area (Å²) in [7, 11) is 4.11. The molecule has 0 bridgehead atoms. The number of halogens is 1. The standard InChI is InChI=1S/C21H27BrN2O2/c1-24(2)14-6-5-7-18(21(23)25)17-12-10-16(11-13-17)15-26-20-9-4-3-8-19(20)22/h3-4,8-13,18H,5-7,14-15H2,1-2H3,(H2,23,25). The van der Waals surface area contributed by atoms with Gasteiger partial charge in [0.25, 0.3) is 0 Å². The lowest BCUT2D eigenvalue weighted by molar-refractivity contribution is -0.119. The van der Waals surface area contributed by atoms with Crippen molar-refractivity contribution < 1.29 is 9.53 Å². The smallest absolute Gasteiger partial charge is 0.224 e. The summed E-state index contributed by atoms with van der Waals surface area (Å²) in [6.45, 7) is 1.50. The highest BCUT2D eigenvalue weighted by Gasteiger charge is 2.17. The van der Waals surface area contributed by atoms with Crippen molar-refractivity contribution in [2.45, 2.75) is 31.8 Å². The van der Waals surface area contributed by atoms with E-state index in [1.165, 1.54) is 0 Å². The van der Waals surface area contributed by atoms with E-state index in [4.69, 9.17) is 10.5 Å². The quantitative estimate of drug-likeness (QED) is 0.584. The molecule has 26 heavy (non-hydrogen) atoms. The zero-order chi connectivity index (χ0) is 18.9. The molecule has 2 N–H and O–H groups in total. The minimum absolute atomic E-state index is 0.226. The summed E-state index contributed by atoms with van der Waals surface area (Å²) in [4.78, 5) is 14.0. The van der Waals surface area contributed by atoms with Gasteiger partial charge in [-0.05, 0) is 72.7 Å². The summed E-state index contributed by atoms with van der Waals surface area (Å²) in [5.41, 5.74) is 7.66. The van der Waals surface area contributed by atoms with E-state index < -0.39 is 0 Å². The van der Waals surface area contributed by atoms with Crippen LogP contribution < -0.4 is 10.5 Å². The monoisotopic (exact) mass is 418 g/mol. The number of hydrogen-bond donors (Lipinski definition) is 1. The van der Waals surface area contributed by atoms with Crippen LogP contribution in [0.25, 0.3) is 0 Å². The first-order chi connectivity index (χ1) is 12.5. The van der Waals surface area contributed by atoms with E-state index in [1.54, 1.807) is 0 Å². The Morgan fingerprint density at radius 1 is 1.12 bits per heavy atom. The second-order valence-corrected chi connectivity index (χ2v) is 7.57. The molecule has 2 aromatic carbocycles. The van der Waals surface area contributed by atoms with Crippen LogP contribution in [0, 0.1) is 0 Å². The second kappa shape index (κ2) is 10.3. The second-order valence-electron chi connectivity index (χ2n) is 6.71. The maximum atomic E-state index is 11.8. The van der Waals surface area contributed by atoms with Gasteiger partial charge in [-0.3, -0.25) is 4.79 Å². The molecule has 0 spiro atoms. The van der Waals surface area contributed by atoms with Crippen LogP contribution >= 0.6 is 15.9 Å². The highest BCUT2D eigenvalue weighted by Crippen LogP contribution is 2.26. The average Bonchev–Trinajstić information content (AvgIpc) is 2.61. The molecule has 0 saturated heterocycles. The summed E-state index contributed by atoms with van der Waals surface area (Å²) >= 11 is 3.48. The number of benzene rings is 2. The molecular weight excluding hydrogens is 392 g/mol. The van der Waals surface area contributed by atoms with Crippen LogP contribution in [0.2, 0.25) is 0 Å². The zero-order valence-electron chi connectivity index (χ0n) is 15.5. The van der Waals surface area contributed by atoms with E-state index in [9.17, 15) is 4.79 Å². The molecule has 0 fully saturated rings. The van der Waals surface area contributed by atoms with Crippen LogP contribution in [0.1, 0.15) is 36.3 Å². The number of nitrogens with two attached hydrogens (primary N) is 1. The molecule has 0 aliphatic carbocycles. The lowest BCUT2D eigenvalue weighted by Gasteiger charge is -2.15. The lowest BCUT2D eigenvalue weighted by atomic mass is 9.92. The minimum atomic E-state index is -0.257. The molecule has 0 aliphatic heterocycles. The van der Waals surface area contributed by atoms with E-state index in [0.717, 1.165) is 47.2 Å². The fourth-order valence-corrected chi connectivity index (χ4v) is 3.22. The maximum Gasteiger partial charge on any atom is 0.224 e. The number of nitrogens with zero attached hydrogens (tertiary/aromatic N) is 1. The van der Waals surface area contributed by atoms with Crippen molar-refractivity contribution in [3.63, 3.8) is 0 Å². The Morgan fingerprint density at radius 3 is 2.42 bits per heavy atom. The molecule has 140 valence electrons. The Balaban J connectivity index is 1.93. The molecule has 5 heteroatoms. The number of primary amides is 1. The van der Waals surface area contributed by atoms with Gasteiger partial charge in [0.05, 0.1) is 10.4 Å². The molecule has 1 unspecified atom stereocenters. The van der Waals surface area contributed by atoms with Crippen LogP contribution in [-0.4, -0.2) is 31.4 Å². The van der Waals surface area contributed by atoms with Crippen LogP contribution in [0.4, 0.5) is 0 Å². The van der Waals surface area contributed by atoms with E-state index in [1.807, 2.05) is 48.5 Å². The molecule has 0 aromatic heterocycles. The average molecular weight is 419 g/mol. The van der Waals surface area contributed by atoms with E-state index in [0.29, 0.717) is 6.61 Å². The van der Waals surface area contributed by atoms with Gasteiger partial charge < -0.3 is 15.4 Å². The number of carbonyl (C=O) groups excluding carboxylic acids is 1. The van der Waals surface area contributed by atoms with Crippen LogP contribution in [0.5, 0.6) is 5.75 Å². The third-order valence-corrected chi connectivity index (χ3v) is 4.96. The Bertz CT molecular complexity index is 701. The van der Waals surface area contributed by atoms with Crippen molar-refractivity contribution in [2.75, 3.05) is 20.6 Å². The normalized spacial score (nSPS) is 12.2. The number of amides is 1. The van der Waals surface area contributed by atoms with Gasteiger partial charge in [-0.1, -0.05) is 42.8 Å². The van der Waals surface area contributed by atoms with Crippen molar-refractivity contribution in [3.05, 3.63) is 64.1 Å². The Morgan fingerprint density at radius 2 is 1.81 bits per heavy atom. The van der Waals surface area contributed by atoms with E-state index in [2.05, 4.69) is 34.9 Å². The molecule has 0 aliphatic rings. The summed E-state index contributed by atoms with van der Waals surface area (Å²) in [5.74, 6) is 0.329. The topological polar surface area (TPSA) is 55.6 Å². The SMILES string of the molecule is CN(C)CCCCC(C(N)=O)c1ccc(COc2ccccc2Br)cc1. The highest BCUT2D eigenvalue weighted by molar-refractivity contribution is 9.10. The molecular formula is C21H27BrN2O2. The van der Waals surface area contributed by atoms with Crippen molar-refractivity contribution in [3.8, 4) is 5.75 Å². The van der Waals surface area contributed by atoms with Crippen LogP contribution in [-0.2, 0) is 11.4 Å². The highest BCUT2D eigenvalue weighted by atomic mass is 79.9. The molecule has 1 amide bonds. The number of rotatable bonds is 10. The third-order valence-electron chi connectivity index (χ3n) is 4.30. The molecule has 4 nitrogen and oxygen atoms in total. The minimum Gasteiger partial charge on any atom is -0.488 e. The largest absolute Gasteiger partial charge is 0.488 e. The van der Waals surface area contributed by atoms with Gasteiger partial charge in [0, 0.05) is 0 Å². The van der Waals surface area contributed by atoms with Gasteiger partial charge in [-0.15, -0.1) is 0 Å². The molecule has 2 aromatic rings. The first kappa shape index (κ1) is 20.5. The Hall–Kier alpha value is -1.85. The van der Waals surface area contributed by atoms with Crippen molar-refractivity contribution in [1.29, 1.82) is 0 Å². The predicted octanol–water partition coefficient (Wildman–Crippen LogP) is 4.33.